The average Bonchev–Trinajstić information content (AvgIpc) is 2.53. The summed E-state index contributed by atoms with van der Waals surface area (Å²) in [7, 11) is 0. The first-order valence-electron chi connectivity index (χ1n) is 4.86. The van der Waals surface area contributed by atoms with Crippen LogP contribution in [0.15, 0.2) is 12.2 Å². The molecule has 0 aliphatic carbocycles. The van der Waals surface area contributed by atoms with Crippen molar-refractivity contribution in [2.24, 2.45) is 0 Å². The Morgan fingerprint density at radius 3 is 2.38 bits per heavy atom. The number of amides is 2. The molecule has 0 saturated heterocycles. The summed E-state index contributed by atoms with van der Waals surface area (Å²) >= 11 is 0. The lowest BCUT2D eigenvalue weighted by atomic mass is 10.5. The Kier molecular flexibility index (Phi) is 4.65. The maximum Gasteiger partial charge on any atom is 0.302 e. The molecule has 0 N–H and O–H groups in total. The summed E-state index contributed by atoms with van der Waals surface area (Å²) in [6.45, 7) is 2.19. The zero-order valence-electron chi connectivity index (χ0n) is 8.97. The van der Waals surface area contributed by atoms with Crippen molar-refractivity contribution < 1.29 is 23.9 Å². The van der Waals surface area contributed by atoms with Crippen molar-refractivity contribution >= 4 is 17.8 Å². The highest BCUT2D eigenvalue weighted by molar-refractivity contribution is 6.12. The smallest absolute Gasteiger partial charge is 0.302 e. The van der Waals surface area contributed by atoms with E-state index in [4.69, 9.17) is 4.74 Å². The molecule has 1 aliphatic rings. The highest BCUT2D eigenvalue weighted by Crippen LogP contribution is 2.02. The van der Waals surface area contributed by atoms with E-state index in [2.05, 4.69) is 4.74 Å². The van der Waals surface area contributed by atoms with Gasteiger partial charge >= 0.3 is 5.97 Å². The Bertz CT molecular complexity index is 305. The van der Waals surface area contributed by atoms with Gasteiger partial charge in [0.25, 0.3) is 11.8 Å². The van der Waals surface area contributed by atoms with Crippen LogP contribution in [0.5, 0.6) is 0 Å². The van der Waals surface area contributed by atoms with Gasteiger partial charge in [-0.25, -0.2) is 0 Å². The van der Waals surface area contributed by atoms with Gasteiger partial charge in [0.1, 0.15) is 6.61 Å². The van der Waals surface area contributed by atoms with Gasteiger partial charge in [0.2, 0.25) is 0 Å². The largest absolute Gasteiger partial charge is 0.463 e. The van der Waals surface area contributed by atoms with Crippen LogP contribution in [0.1, 0.15) is 6.92 Å². The van der Waals surface area contributed by atoms with Crippen LogP contribution in [0.3, 0.4) is 0 Å². The lowest BCUT2D eigenvalue weighted by molar-refractivity contribution is -0.142. The summed E-state index contributed by atoms with van der Waals surface area (Å²) < 4.78 is 9.72. The van der Waals surface area contributed by atoms with Gasteiger partial charge in [0.15, 0.2) is 0 Å². The number of carbonyl (C=O) groups is 3. The molecule has 1 heterocycles. The number of rotatable bonds is 6. The Balaban J connectivity index is 2.05. The molecule has 6 nitrogen and oxygen atoms in total. The highest BCUT2D eigenvalue weighted by Gasteiger charge is 2.22. The molecule has 1 rings (SSSR count). The summed E-state index contributed by atoms with van der Waals surface area (Å²) in [5.74, 6) is -1.01. The third-order valence-electron chi connectivity index (χ3n) is 1.89. The summed E-state index contributed by atoms with van der Waals surface area (Å²) in [6, 6.07) is 0. The SMILES string of the molecule is CC(=O)OCCOCCN1C(=O)C=CC1=O. The van der Waals surface area contributed by atoms with Crippen molar-refractivity contribution in [2.45, 2.75) is 6.92 Å². The molecule has 88 valence electrons. The Labute approximate surface area is 92.8 Å². The number of hydrogen-bond donors (Lipinski definition) is 0. The molecule has 0 bridgehead atoms. The van der Waals surface area contributed by atoms with E-state index >= 15 is 0 Å². The standard InChI is InChI=1S/C10H13NO5/c1-8(12)16-7-6-15-5-4-11-9(13)2-3-10(11)14/h2-3H,4-7H2,1H3. The monoisotopic (exact) mass is 227 g/mol. The van der Waals surface area contributed by atoms with Gasteiger partial charge in [-0.1, -0.05) is 0 Å². The van der Waals surface area contributed by atoms with E-state index in [1.54, 1.807) is 0 Å². The summed E-state index contributed by atoms with van der Waals surface area (Å²) in [6.07, 6.45) is 2.45. The lowest BCUT2D eigenvalue weighted by Gasteiger charge is -2.13. The van der Waals surface area contributed by atoms with Gasteiger partial charge in [0, 0.05) is 19.1 Å². The van der Waals surface area contributed by atoms with Gasteiger partial charge in [-0.05, 0) is 0 Å². The van der Waals surface area contributed by atoms with Crippen molar-refractivity contribution in [2.75, 3.05) is 26.4 Å². The molecule has 0 spiro atoms. The minimum atomic E-state index is -0.363. The van der Waals surface area contributed by atoms with Gasteiger partial charge in [-0.2, -0.15) is 0 Å². The first-order valence-corrected chi connectivity index (χ1v) is 4.86. The van der Waals surface area contributed by atoms with Crippen molar-refractivity contribution in [3.05, 3.63) is 12.2 Å². The molecule has 0 atom stereocenters. The molecule has 0 unspecified atom stereocenters. The molecule has 2 amide bonds. The third-order valence-corrected chi connectivity index (χ3v) is 1.89. The average molecular weight is 227 g/mol. The number of nitrogens with zero attached hydrogens (tertiary/aromatic N) is 1. The number of ether oxygens (including phenoxy) is 2. The van der Waals surface area contributed by atoms with Crippen molar-refractivity contribution in [1.82, 2.24) is 4.90 Å². The van der Waals surface area contributed by atoms with Gasteiger partial charge in [-0.15, -0.1) is 0 Å². The fourth-order valence-corrected chi connectivity index (χ4v) is 1.15. The first kappa shape index (κ1) is 12.4. The Morgan fingerprint density at radius 1 is 1.19 bits per heavy atom. The minimum Gasteiger partial charge on any atom is -0.463 e. The zero-order chi connectivity index (χ0) is 12.0. The van der Waals surface area contributed by atoms with Gasteiger partial charge < -0.3 is 9.47 Å². The minimum absolute atomic E-state index is 0.176. The molecule has 0 radical (unpaired) electrons. The van der Waals surface area contributed by atoms with Gasteiger partial charge in [0.05, 0.1) is 19.8 Å². The number of carbonyl (C=O) groups excluding carboxylic acids is 3. The molecule has 0 saturated carbocycles. The molecule has 0 aromatic carbocycles. The summed E-state index contributed by atoms with van der Waals surface area (Å²) in [4.78, 5) is 33.7. The van der Waals surface area contributed by atoms with Crippen molar-refractivity contribution in [3.63, 3.8) is 0 Å². The zero-order valence-corrected chi connectivity index (χ0v) is 8.97. The molecule has 0 fully saturated rings. The van der Waals surface area contributed by atoms with E-state index in [9.17, 15) is 14.4 Å². The third kappa shape index (κ3) is 3.82. The van der Waals surface area contributed by atoms with E-state index in [1.807, 2.05) is 0 Å². The highest BCUT2D eigenvalue weighted by atomic mass is 16.6. The fourth-order valence-electron chi connectivity index (χ4n) is 1.15. The van der Waals surface area contributed by atoms with E-state index in [0.717, 1.165) is 4.90 Å². The van der Waals surface area contributed by atoms with Crippen LogP contribution in [0.2, 0.25) is 0 Å². The normalized spacial score (nSPS) is 14.7. The van der Waals surface area contributed by atoms with Crippen molar-refractivity contribution in [3.8, 4) is 0 Å². The lowest BCUT2D eigenvalue weighted by Crippen LogP contribution is -2.33. The predicted octanol–water partition coefficient (Wildman–Crippen LogP) is -0.509. The topological polar surface area (TPSA) is 72.9 Å². The van der Waals surface area contributed by atoms with Crippen LogP contribution < -0.4 is 0 Å². The second-order valence-corrected chi connectivity index (χ2v) is 3.11. The van der Waals surface area contributed by atoms with Crippen LogP contribution in [0.25, 0.3) is 0 Å². The predicted molar refractivity (Wildman–Crippen MR) is 53.3 cm³/mol. The maximum absolute atomic E-state index is 11.1. The number of esters is 1. The maximum atomic E-state index is 11.1. The molecule has 1 aliphatic heterocycles. The van der Waals surface area contributed by atoms with Crippen LogP contribution in [0.4, 0.5) is 0 Å². The first-order chi connectivity index (χ1) is 7.61. The number of hydrogen-bond acceptors (Lipinski definition) is 5. The van der Waals surface area contributed by atoms with Crippen LogP contribution >= 0.6 is 0 Å². The number of imide groups is 1. The second kappa shape index (κ2) is 6.02. The van der Waals surface area contributed by atoms with E-state index < -0.39 is 0 Å². The van der Waals surface area contributed by atoms with Crippen molar-refractivity contribution in [1.29, 1.82) is 0 Å². The molecule has 0 aromatic heterocycles. The molecule has 6 heteroatoms. The molecule has 0 aromatic rings. The van der Waals surface area contributed by atoms with E-state index in [0.29, 0.717) is 0 Å². The van der Waals surface area contributed by atoms with Crippen LogP contribution in [0, 0.1) is 0 Å². The molecule has 16 heavy (non-hydrogen) atoms. The fraction of sp³-hybridized carbons (Fsp3) is 0.500. The van der Waals surface area contributed by atoms with Crippen LogP contribution in [-0.4, -0.2) is 49.0 Å². The Hall–Kier alpha value is -1.69. The molecular formula is C10H13NO5. The second-order valence-electron chi connectivity index (χ2n) is 3.11. The summed E-state index contributed by atoms with van der Waals surface area (Å²) in [5.41, 5.74) is 0. The van der Waals surface area contributed by atoms with E-state index in [1.165, 1.54) is 19.1 Å². The summed E-state index contributed by atoms with van der Waals surface area (Å²) in [5, 5.41) is 0. The molecular weight excluding hydrogens is 214 g/mol. The quantitative estimate of drug-likeness (QED) is 0.347. The van der Waals surface area contributed by atoms with E-state index in [-0.39, 0.29) is 44.1 Å². The van der Waals surface area contributed by atoms with Crippen LogP contribution in [-0.2, 0) is 23.9 Å². The van der Waals surface area contributed by atoms with Gasteiger partial charge in [-0.3, -0.25) is 19.3 Å². The Morgan fingerprint density at radius 2 is 1.81 bits per heavy atom.